The third kappa shape index (κ3) is 4.97. The van der Waals surface area contributed by atoms with E-state index in [-0.39, 0.29) is 10.5 Å². The molecule has 1 N–H and O–H groups in total. The molecule has 9 heteroatoms. The summed E-state index contributed by atoms with van der Waals surface area (Å²) in [6, 6.07) is 16.6. The van der Waals surface area contributed by atoms with Crippen LogP contribution in [0.25, 0.3) is 22.4 Å². The fourth-order valence-electron chi connectivity index (χ4n) is 3.40. The number of anilines is 1. The highest BCUT2D eigenvalue weighted by atomic mass is 35.5. The fourth-order valence-corrected chi connectivity index (χ4v) is 4.26. The van der Waals surface area contributed by atoms with Crippen LogP contribution in [0.4, 0.5) is 10.1 Å². The largest absolute Gasteiger partial charge is 0.322 e. The first-order valence-corrected chi connectivity index (χ1v) is 12.1. The zero-order valence-electron chi connectivity index (χ0n) is 17.7. The first kappa shape index (κ1) is 22.7. The summed E-state index contributed by atoms with van der Waals surface area (Å²) in [4.78, 5) is 13.2. The van der Waals surface area contributed by atoms with E-state index in [4.69, 9.17) is 11.6 Å². The molecule has 0 spiro atoms. The Hall–Kier alpha value is -3.49. The monoisotopic (exact) mass is 483 g/mol. The van der Waals surface area contributed by atoms with Crippen LogP contribution in [-0.4, -0.2) is 30.4 Å². The van der Waals surface area contributed by atoms with E-state index in [0.29, 0.717) is 33.1 Å². The Bertz CT molecular complexity index is 1480. The van der Waals surface area contributed by atoms with Gasteiger partial charge < -0.3 is 5.32 Å². The summed E-state index contributed by atoms with van der Waals surface area (Å²) in [6.07, 6.45) is 2.86. The van der Waals surface area contributed by atoms with Crippen LogP contribution in [-0.2, 0) is 16.9 Å². The topological polar surface area (TPSA) is 81.1 Å². The van der Waals surface area contributed by atoms with E-state index in [9.17, 15) is 17.6 Å². The van der Waals surface area contributed by atoms with Gasteiger partial charge in [0.05, 0.1) is 15.6 Å². The zero-order chi connectivity index (χ0) is 23.8. The van der Waals surface area contributed by atoms with Crippen LogP contribution in [0.1, 0.15) is 10.4 Å². The molecule has 3 aromatic carbocycles. The van der Waals surface area contributed by atoms with Gasteiger partial charge in [0.15, 0.2) is 9.84 Å². The van der Waals surface area contributed by atoms with E-state index in [1.54, 1.807) is 48.3 Å². The van der Waals surface area contributed by atoms with Gasteiger partial charge in [0.1, 0.15) is 5.82 Å². The van der Waals surface area contributed by atoms with E-state index in [2.05, 4.69) is 10.4 Å². The molecule has 0 aliphatic carbocycles. The van der Waals surface area contributed by atoms with Crippen molar-refractivity contribution < 1.29 is 17.6 Å². The normalized spacial score (nSPS) is 11.4. The summed E-state index contributed by atoms with van der Waals surface area (Å²) >= 11 is 6.32. The van der Waals surface area contributed by atoms with Gasteiger partial charge in [-0.05, 0) is 65.7 Å². The van der Waals surface area contributed by atoms with Gasteiger partial charge in [0, 0.05) is 36.3 Å². The van der Waals surface area contributed by atoms with Crippen molar-refractivity contribution in [3.05, 3.63) is 89.3 Å². The molecule has 0 fully saturated rings. The van der Waals surface area contributed by atoms with Crippen molar-refractivity contribution in [1.29, 1.82) is 0 Å². The Morgan fingerprint density at radius 3 is 2.48 bits per heavy atom. The molecule has 0 atom stereocenters. The Morgan fingerprint density at radius 2 is 1.82 bits per heavy atom. The highest BCUT2D eigenvalue weighted by Gasteiger charge is 2.18. The zero-order valence-corrected chi connectivity index (χ0v) is 19.3. The summed E-state index contributed by atoms with van der Waals surface area (Å²) < 4.78 is 39.7. The lowest BCUT2D eigenvalue weighted by molar-refractivity contribution is 0.102. The van der Waals surface area contributed by atoms with Crippen molar-refractivity contribution in [1.82, 2.24) is 9.78 Å². The quantitative estimate of drug-likeness (QED) is 0.423. The molecule has 33 heavy (non-hydrogen) atoms. The second kappa shape index (κ2) is 8.80. The first-order chi connectivity index (χ1) is 15.6. The Labute approximate surface area is 195 Å². The number of benzene rings is 3. The van der Waals surface area contributed by atoms with E-state index in [0.717, 1.165) is 6.26 Å². The van der Waals surface area contributed by atoms with Crippen molar-refractivity contribution in [3.8, 4) is 22.4 Å². The number of carbonyl (C=O) groups is 1. The van der Waals surface area contributed by atoms with E-state index in [1.165, 1.54) is 36.4 Å². The standard InChI is InChI=1S/C24H19ClFN3O3S/c1-29-11-10-23(28-29)21-13-17(6-9-22(21)25)27-24(30)19-8-7-18(33(2,31)32)14-20(19)15-4-3-5-16(26)12-15/h3-14H,1-2H3,(H,27,30). The molecule has 6 nitrogen and oxygen atoms in total. The SMILES string of the molecule is Cn1ccc(-c2cc(NC(=O)c3ccc(S(C)(=O)=O)cc3-c3cccc(F)c3)ccc2Cl)n1. The summed E-state index contributed by atoms with van der Waals surface area (Å²) in [5, 5.41) is 7.63. The first-order valence-electron chi connectivity index (χ1n) is 9.83. The second-order valence-electron chi connectivity index (χ2n) is 7.51. The molecular formula is C24H19ClFN3O3S. The molecule has 0 radical (unpaired) electrons. The third-order valence-corrected chi connectivity index (χ3v) is 6.45. The number of aromatic nitrogens is 2. The number of nitrogens with one attached hydrogen (secondary N) is 1. The maximum Gasteiger partial charge on any atom is 0.256 e. The van der Waals surface area contributed by atoms with Gasteiger partial charge in [-0.3, -0.25) is 9.48 Å². The van der Waals surface area contributed by atoms with Crippen molar-refractivity contribution in [2.24, 2.45) is 7.05 Å². The maximum atomic E-state index is 13.9. The predicted molar refractivity (Wildman–Crippen MR) is 127 cm³/mol. The molecule has 1 heterocycles. The lowest BCUT2D eigenvalue weighted by Gasteiger charge is -2.13. The van der Waals surface area contributed by atoms with Gasteiger partial charge in [-0.1, -0.05) is 23.7 Å². The van der Waals surface area contributed by atoms with Crippen molar-refractivity contribution in [2.45, 2.75) is 4.90 Å². The molecular weight excluding hydrogens is 465 g/mol. The van der Waals surface area contributed by atoms with Crippen LogP contribution in [0.15, 0.2) is 77.8 Å². The van der Waals surface area contributed by atoms with E-state index >= 15 is 0 Å². The van der Waals surface area contributed by atoms with Crippen molar-refractivity contribution in [2.75, 3.05) is 11.6 Å². The summed E-state index contributed by atoms with van der Waals surface area (Å²) in [5.41, 5.74) is 2.65. The van der Waals surface area contributed by atoms with Gasteiger partial charge in [0.2, 0.25) is 0 Å². The van der Waals surface area contributed by atoms with Crippen molar-refractivity contribution >= 4 is 33.0 Å². The van der Waals surface area contributed by atoms with Crippen LogP contribution in [0.2, 0.25) is 5.02 Å². The predicted octanol–water partition coefficient (Wildman–Crippen LogP) is 5.20. The van der Waals surface area contributed by atoms with Gasteiger partial charge in [0.25, 0.3) is 5.91 Å². The van der Waals surface area contributed by atoms with E-state index in [1.807, 2.05) is 0 Å². The number of carbonyl (C=O) groups excluding carboxylic acids is 1. The number of halogens is 2. The molecule has 0 saturated heterocycles. The number of sulfone groups is 1. The second-order valence-corrected chi connectivity index (χ2v) is 9.94. The molecule has 168 valence electrons. The highest BCUT2D eigenvalue weighted by Crippen LogP contribution is 2.31. The number of rotatable bonds is 5. The lowest BCUT2D eigenvalue weighted by Crippen LogP contribution is -2.14. The van der Waals surface area contributed by atoms with E-state index < -0.39 is 21.6 Å². The van der Waals surface area contributed by atoms with Gasteiger partial charge in [-0.25, -0.2) is 12.8 Å². The maximum absolute atomic E-state index is 13.9. The summed E-state index contributed by atoms with van der Waals surface area (Å²) in [7, 11) is -1.74. The molecule has 0 bridgehead atoms. The smallest absolute Gasteiger partial charge is 0.256 e. The fraction of sp³-hybridized carbons (Fsp3) is 0.0833. The number of nitrogens with zero attached hydrogens (tertiary/aromatic N) is 2. The number of amides is 1. The molecule has 0 unspecified atom stereocenters. The minimum atomic E-state index is -3.53. The summed E-state index contributed by atoms with van der Waals surface area (Å²) in [6.45, 7) is 0. The average molecular weight is 484 g/mol. The average Bonchev–Trinajstić information content (AvgIpc) is 3.20. The molecule has 4 aromatic rings. The number of aryl methyl sites for hydroxylation is 1. The Morgan fingerprint density at radius 1 is 1.03 bits per heavy atom. The minimum absolute atomic E-state index is 0.0299. The molecule has 4 rings (SSSR count). The Balaban J connectivity index is 1.74. The molecule has 1 aromatic heterocycles. The molecule has 0 saturated carbocycles. The van der Waals surface area contributed by atoms with Gasteiger partial charge in [-0.2, -0.15) is 5.10 Å². The molecule has 0 aliphatic heterocycles. The minimum Gasteiger partial charge on any atom is -0.322 e. The summed E-state index contributed by atoms with van der Waals surface area (Å²) in [5.74, 6) is -0.982. The lowest BCUT2D eigenvalue weighted by atomic mass is 9.99. The van der Waals surface area contributed by atoms with Crippen LogP contribution < -0.4 is 5.32 Å². The van der Waals surface area contributed by atoms with Gasteiger partial charge >= 0.3 is 0 Å². The van der Waals surface area contributed by atoms with Crippen LogP contribution >= 0.6 is 11.6 Å². The van der Waals surface area contributed by atoms with Crippen molar-refractivity contribution in [3.63, 3.8) is 0 Å². The van der Waals surface area contributed by atoms with Crippen LogP contribution in [0, 0.1) is 5.82 Å². The van der Waals surface area contributed by atoms with Gasteiger partial charge in [-0.15, -0.1) is 0 Å². The van der Waals surface area contributed by atoms with Crippen LogP contribution in [0.5, 0.6) is 0 Å². The number of hydrogen-bond donors (Lipinski definition) is 1. The Kier molecular flexibility index (Phi) is 6.05. The highest BCUT2D eigenvalue weighted by molar-refractivity contribution is 7.90. The molecule has 1 amide bonds. The third-order valence-electron chi connectivity index (χ3n) is 5.01. The van der Waals surface area contributed by atoms with Crippen LogP contribution in [0.3, 0.4) is 0 Å². The molecule has 0 aliphatic rings. The number of hydrogen-bond acceptors (Lipinski definition) is 4.